The molecule has 1 N–H and O–H groups in total. The Kier molecular flexibility index (Phi) is 8.58. The highest BCUT2D eigenvalue weighted by Gasteiger charge is 2.16. The van der Waals surface area contributed by atoms with Gasteiger partial charge in [0.25, 0.3) is 0 Å². The van der Waals surface area contributed by atoms with E-state index in [-0.39, 0.29) is 18.3 Å². The number of benzene rings is 2. The van der Waals surface area contributed by atoms with Crippen molar-refractivity contribution in [2.24, 2.45) is 0 Å². The van der Waals surface area contributed by atoms with Gasteiger partial charge in [0, 0.05) is 17.3 Å². The molecule has 0 saturated carbocycles. The molecular formula is C25H29ClN4O2S. The number of halogens is 1. The summed E-state index contributed by atoms with van der Waals surface area (Å²) >= 11 is 7.36. The fraction of sp³-hybridized carbons (Fsp3) is 0.320. The smallest absolute Gasteiger partial charge is 0.234 e. The number of amides is 1. The van der Waals surface area contributed by atoms with Gasteiger partial charge >= 0.3 is 0 Å². The minimum atomic E-state index is -0.141. The molecule has 1 aromatic heterocycles. The molecule has 0 fully saturated rings. The molecule has 8 heteroatoms. The molecule has 0 aliphatic carbocycles. The lowest BCUT2D eigenvalue weighted by Gasteiger charge is -2.15. The lowest BCUT2D eigenvalue weighted by atomic mass is 10.0. The highest BCUT2D eigenvalue weighted by atomic mass is 35.5. The summed E-state index contributed by atoms with van der Waals surface area (Å²) in [6.45, 7) is 12.9. The number of carbonyl (C=O) groups is 1. The summed E-state index contributed by atoms with van der Waals surface area (Å²) in [4.78, 5) is 12.5. The van der Waals surface area contributed by atoms with Crippen LogP contribution < -0.4 is 10.1 Å². The van der Waals surface area contributed by atoms with E-state index in [0.717, 1.165) is 22.4 Å². The van der Waals surface area contributed by atoms with Crippen molar-refractivity contribution < 1.29 is 9.53 Å². The van der Waals surface area contributed by atoms with Crippen LogP contribution in [0.2, 0.25) is 5.02 Å². The summed E-state index contributed by atoms with van der Waals surface area (Å²) in [5, 5.41) is 12.7. The van der Waals surface area contributed by atoms with Gasteiger partial charge in [0.05, 0.1) is 5.75 Å². The average molecular weight is 485 g/mol. The Morgan fingerprint density at radius 1 is 1.24 bits per heavy atom. The average Bonchev–Trinajstić information content (AvgIpc) is 3.15. The molecule has 3 aromatic rings. The number of aromatic nitrogens is 3. The van der Waals surface area contributed by atoms with Crippen molar-refractivity contribution in [3.8, 4) is 5.75 Å². The maximum Gasteiger partial charge on any atom is 0.234 e. The van der Waals surface area contributed by atoms with Crippen LogP contribution in [0.1, 0.15) is 42.3 Å². The maximum absolute atomic E-state index is 12.5. The first-order valence-corrected chi connectivity index (χ1v) is 12.1. The van der Waals surface area contributed by atoms with Gasteiger partial charge in [-0.1, -0.05) is 61.5 Å². The molecule has 0 atom stereocenters. The largest absolute Gasteiger partial charge is 0.485 e. The number of nitrogens with one attached hydrogen (secondary N) is 1. The molecule has 6 nitrogen and oxygen atoms in total. The third kappa shape index (κ3) is 6.62. The number of anilines is 1. The van der Waals surface area contributed by atoms with Crippen LogP contribution in [0.4, 0.5) is 5.69 Å². The molecule has 0 radical (unpaired) electrons. The summed E-state index contributed by atoms with van der Waals surface area (Å²) < 4.78 is 8.05. The maximum atomic E-state index is 12.5. The van der Waals surface area contributed by atoms with Gasteiger partial charge in [-0.2, -0.15) is 0 Å². The summed E-state index contributed by atoms with van der Waals surface area (Å²) in [6.07, 6.45) is 1.78. The molecule has 0 saturated heterocycles. The Balaban J connectivity index is 1.68. The molecule has 0 aliphatic rings. The molecule has 0 spiro atoms. The summed E-state index contributed by atoms with van der Waals surface area (Å²) in [6, 6.07) is 11.6. The van der Waals surface area contributed by atoms with E-state index in [1.54, 1.807) is 18.2 Å². The highest BCUT2D eigenvalue weighted by molar-refractivity contribution is 7.99. The molecule has 1 amide bonds. The van der Waals surface area contributed by atoms with Crippen LogP contribution in [0.5, 0.6) is 5.75 Å². The van der Waals surface area contributed by atoms with E-state index in [4.69, 9.17) is 16.3 Å². The quantitative estimate of drug-likeness (QED) is 0.275. The first kappa shape index (κ1) is 24.9. The topological polar surface area (TPSA) is 69.0 Å². The van der Waals surface area contributed by atoms with E-state index in [9.17, 15) is 4.79 Å². The molecule has 1 heterocycles. The van der Waals surface area contributed by atoms with Crippen LogP contribution in [0, 0.1) is 13.8 Å². The standard InChI is InChI=1S/C25H29ClN4O2S/c1-6-11-30-23(14-32-22-12-17(4)7-10-20(22)16(2)3)28-29-25(30)33-15-24(31)27-21-13-19(26)9-8-18(21)5/h6-10,12-13,16H,1,11,14-15H2,2-5H3,(H,27,31). The molecule has 0 aliphatic heterocycles. The zero-order valence-electron chi connectivity index (χ0n) is 19.4. The van der Waals surface area contributed by atoms with Crippen LogP contribution in [0.3, 0.4) is 0 Å². The van der Waals surface area contributed by atoms with Crippen LogP contribution in [-0.2, 0) is 17.9 Å². The summed E-state index contributed by atoms with van der Waals surface area (Å²) in [5.41, 5.74) is 3.94. The van der Waals surface area contributed by atoms with Gasteiger partial charge in [-0.15, -0.1) is 16.8 Å². The fourth-order valence-electron chi connectivity index (χ4n) is 3.28. The predicted octanol–water partition coefficient (Wildman–Crippen LogP) is 6.17. The first-order chi connectivity index (χ1) is 15.8. The van der Waals surface area contributed by atoms with E-state index in [1.165, 1.54) is 11.8 Å². The lowest BCUT2D eigenvalue weighted by Crippen LogP contribution is -2.15. The van der Waals surface area contributed by atoms with Gasteiger partial charge in [0.2, 0.25) is 5.91 Å². The third-order valence-corrected chi connectivity index (χ3v) is 6.26. The number of nitrogens with zero attached hydrogens (tertiary/aromatic N) is 3. The van der Waals surface area contributed by atoms with Crippen LogP contribution in [0.15, 0.2) is 54.2 Å². The Labute approximate surface area is 204 Å². The fourth-order valence-corrected chi connectivity index (χ4v) is 4.21. The molecule has 0 bridgehead atoms. The number of hydrogen-bond acceptors (Lipinski definition) is 5. The van der Waals surface area contributed by atoms with Crippen molar-refractivity contribution in [2.75, 3.05) is 11.1 Å². The summed E-state index contributed by atoms with van der Waals surface area (Å²) in [5.74, 6) is 1.93. The molecular weight excluding hydrogens is 456 g/mol. The molecule has 3 rings (SSSR count). The van der Waals surface area contributed by atoms with Crippen LogP contribution >= 0.6 is 23.4 Å². The van der Waals surface area contributed by atoms with Crippen molar-refractivity contribution in [2.45, 2.75) is 51.9 Å². The van der Waals surface area contributed by atoms with E-state index in [0.29, 0.717) is 34.2 Å². The minimum Gasteiger partial charge on any atom is -0.485 e. The number of carbonyl (C=O) groups excluding carboxylic acids is 1. The number of thioether (sulfide) groups is 1. The number of aryl methyl sites for hydroxylation is 2. The Bertz CT molecular complexity index is 1140. The molecule has 2 aromatic carbocycles. The van der Waals surface area contributed by atoms with Gasteiger partial charge in [-0.25, -0.2) is 0 Å². The predicted molar refractivity (Wildman–Crippen MR) is 135 cm³/mol. The Hall–Kier alpha value is -2.77. The molecule has 174 valence electrons. The van der Waals surface area contributed by atoms with Gasteiger partial charge in [0.1, 0.15) is 12.4 Å². The van der Waals surface area contributed by atoms with Gasteiger partial charge in [-0.05, 0) is 54.7 Å². The number of rotatable bonds is 10. The van der Waals surface area contributed by atoms with Crippen LogP contribution in [-0.4, -0.2) is 26.4 Å². The van der Waals surface area contributed by atoms with Crippen molar-refractivity contribution >= 4 is 35.0 Å². The number of hydrogen-bond donors (Lipinski definition) is 1. The van der Waals surface area contributed by atoms with E-state index >= 15 is 0 Å². The first-order valence-electron chi connectivity index (χ1n) is 10.7. The SMILES string of the molecule is C=CCn1c(COc2cc(C)ccc2C(C)C)nnc1SCC(=O)Nc1cc(Cl)ccc1C. The number of allylic oxidation sites excluding steroid dienone is 1. The highest BCUT2D eigenvalue weighted by Crippen LogP contribution is 2.28. The van der Waals surface area contributed by atoms with Gasteiger partial charge in [-0.3, -0.25) is 9.36 Å². The second-order valence-corrected chi connectivity index (χ2v) is 9.46. The summed E-state index contributed by atoms with van der Waals surface area (Å²) in [7, 11) is 0. The van der Waals surface area contributed by atoms with Crippen molar-refractivity contribution in [1.82, 2.24) is 14.8 Å². The van der Waals surface area contributed by atoms with Crippen LogP contribution in [0.25, 0.3) is 0 Å². The lowest BCUT2D eigenvalue weighted by molar-refractivity contribution is -0.113. The second-order valence-electron chi connectivity index (χ2n) is 8.08. The minimum absolute atomic E-state index is 0.141. The van der Waals surface area contributed by atoms with E-state index < -0.39 is 0 Å². The van der Waals surface area contributed by atoms with E-state index in [1.807, 2.05) is 30.5 Å². The Morgan fingerprint density at radius 2 is 2.03 bits per heavy atom. The number of ether oxygens (including phenoxy) is 1. The normalized spacial score (nSPS) is 11.0. The zero-order valence-corrected chi connectivity index (χ0v) is 21.0. The monoisotopic (exact) mass is 484 g/mol. The Morgan fingerprint density at radius 3 is 2.76 bits per heavy atom. The van der Waals surface area contributed by atoms with Crippen molar-refractivity contribution in [1.29, 1.82) is 0 Å². The van der Waals surface area contributed by atoms with Gasteiger partial charge in [0.15, 0.2) is 11.0 Å². The molecule has 0 unspecified atom stereocenters. The second kappa shape index (κ2) is 11.4. The zero-order chi connectivity index (χ0) is 24.0. The third-order valence-electron chi connectivity index (χ3n) is 5.06. The van der Waals surface area contributed by atoms with Gasteiger partial charge < -0.3 is 10.1 Å². The van der Waals surface area contributed by atoms with Crippen molar-refractivity contribution in [3.63, 3.8) is 0 Å². The van der Waals surface area contributed by atoms with Crippen molar-refractivity contribution in [3.05, 3.63) is 76.6 Å². The van der Waals surface area contributed by atoms with E-state index in [2.05, 4.69) is 48.1 Å². The molecule has 33 heavy (non-hydrogen) atoms.